The number of aliphatic carboxylic acids is 1. The maximum atomic E-state index is 10.3. The molecule has 0 aliphatic carbocycles. The summed E-state index contributed by atoms with van der Waals surface area (Å²) in [6.45, 7) is 2.27. The van der Waals surface area contributed by atoms with Crippen LogP contribution in [0.25, 0.3) is 0 Å². The van der Waals surface area contributed by atoms with E-state index in [4.69, 9.17) is 24.4 Å². The van der Waals surface area contributed by atoms with E-state index in [9.17, 15) is 4.79 Å². The van der Waals surface area contributed by atoms with Crippen LogP contribution >= 0.6 is 7.82 Å². The second-order valence-corrected chi connectivity index (χ2v) is 7.50. The van der Waals surface area contributed by atoms with Gasteiger partial charge in [-0.1, -0.05) is 96.8 Å². The third-order valence-corrected chi connectivity index (χ3v) is 3.99. The third kappa shape index (κ3) is 44.1. The van der Waals surface area contributed by atoms with Gasteiger partial charge in [0, 0.05) is 6.42 Å². The van der Waals surface area contributed by atoms with Crippen molar-refractivity contribution in [2.45, 2.75) is 110 Å². The summed E-state index contributed by atoms with van der Waals surface area (Å²) in [5.74, 6) is -0.653. The van der Waals surface area contributed by atoms with Crippen molar-refractivity contribution in [3.05, 3.63) is 0 Å². The third-order valence-electron chi connectivity index (χ3n) is 3.99. The smallest absolute Gasteiger partial charge is 0.790 e. The number of carboxylic acids is 1. The molecule has 0 radical (unpaired) electrons. The fourth-order valence-corrected chi connectivity index (χ4v) is 2.65. The zero-order chi connectivity index (χ0) is 19.4. The largest absolute Gasteiger partial charge is 2.00 e. The van der Waals surface area contributed by atoms with E-state index in [1.165, 1.54) is 83.5 Å². The van der Waals surface area contributed by atoms with Gasteiger partial charge in [0.05, 0.1) is 7.82 Å². The monoisotopic (exact) mass is 404 g/mol. The standard InChI is InChI=1S/C18H36O2.Mg.H3O4P/c1-2-3-4-5-6-7-8-9-10-11-12-13-14-15-16-17-18(19)20;;1-5(2,3)4/h2-17H2,1H3,(H,19,20);;(H3,1,2,3,4)/q;+2;/p-2. The molecule has 8 heteroatoms. The van der Waals surface area contributed by atoms with Gasteiger partial charge in [0.2, 0.25) is 0 Å². The predicted octanol–water partition coefficient (Wildman–Crippen LogP) is 3.76. The van der Waals surface area contributed by atoms with E-state index in [-0.39, 0.29) is 23.1 Å². The van der Waals surface area contributed by atoms with Crippen LogP contribution in [0.4, 0.5) is 0 Å². The van der Waals surface area contributed by atoms with Gasteiger partial charge in [-0.2, -0.15) is 0 Å². The molecule has 152 valence electrons. The fourth-order valence-electron chi connectivity index (χ4n) is 2.65. The number of rotatable bonds is 16. The summed E-state index contributed by atoms with van der Waals surface area (Å²) < 4.78 is 8.66. The van der Waals surface area contributed by atoms with Gasteiger partial charge in [-0.3, -0.25) is 4.79 Å². The van der Waals surface area contributed by atoms with Crippen LogP contribution in [0.15, 0.2) is 0 Å². The van der Waals surface area contributed by atoms with Gasteiger partial charge in [-0.25, -0.2) is 0 Å². The Labute approximate surface area is 175 Å². The molecule has 0 rings (SSSR count). The van der Waals surface area contributed by atoms with E-state index in [0.717, 1.165) is 12.8 Å². The van der Waals surface area contributed by atoms with Crippen LogP contribution in [0.2, 0.25) is 0 Å². The molecule has 0 saturated heterocycles. The summed E-state index contributed by atoms with van der Waals surface area (Å²) in [6, 6.07) is 0. The van der Waals surface area contributed by atoms with Gasteiger partial charge in [0.1, 0.15) is 0 Å². The molecular formula is C18H37MgO6P. The van der Waals surface area contributed by atoms with Crippen LogP contribution in [-0.2, 0) is 9.36 Å². The molecule has 0 aromatic carbocycles. The normalized spacial score (nSPS) is 10.6. The maximum Gasteiger partial charge on any atom is 2.00 e. The molecule has 2 N–H and O–H groups in total. The number of hydrogen-bond donors (Lipinski definition) is 2. The van der Waals surface area contributed by atoms with Gasteiger partial charge in [-0.05, 0) is 6.42 Å². The molecule has 0 atom stereocenters. The first-order valence-electron chi connectivity index (χ1n) is 9.74. The second kappa shape index (κ2) is 23.4. The van der Waals surface area contributed by atoms with E-state index in [2.05, 4.69) is 6.92 Å². The quantitative estimate of drug-likeness (QED) is 0.229. The zero-order valence-electron chi connectivity index (χ0n) is 16.5. The van der Waals surface area contributed by atoms with Gasteiger partial charge in [0.25, 0.3) is 0 Å². The van der Waals surface area contributed by atoms with Crippen molar-refractivity contribution in [1.29, 1.82) is 0 Å². The zero-order valence-corrected chi connectivity index (χ0v) is 18.8. The van der Waals surface area contributed by atoms with Crippen molar-refractivity contribution >= 4 is 36.8 Å². The number of carbonyl (C=O) groups is 1. The number of phosphoric acid groups is 1. The Balaban J connectivity index is -0.000000772. The van der Waals surface area contributed by atoms with Crippen molar-refractivity contribution < 1.29 is 29.1 Å². The van der Waals surface area contributed by atoms with Crippen molar-refractivity contribution in [2.75, 3.05) is 0 Å². The Morgan fingerprint density at radius 1 is 0.731 bits per heavy atom. The molecular weight excluding hydrogens is 367 g/mol. The summed E-state index contributed by atoms with van der Waals surface area (Å²) >= 11 is 0. The average molecular weight is 405 g/mol. The van der Waals surface area contributed by atoms with Gasteiger partial charge < -0.3 is 24.4 Å². The van der Waals surface area contributed by atoms with Crippen molar-refractivity contribution in [3.63, 3.8) is 0 Å². The first-order valence-corrected chi connectivity index (χ1v) is 11.2. The number of unbranched alkanes of at least 4 members (excludes halogenated alkanes) is 14. The van der Waals surface area contributed by atoms with E-state index < -0.39 is 13.8 Å². The molecule has 0 bridgehead atoms. The molecule has 0 fully saturated rings. The molecule has 0 unspecified atom stereocenters. The Kier molecular flexibility index (Phi) is 27.9. The minimum Gasteiger partial charge on any atom is -0.790 e. The maximum absolute atomic E-state index is 10.3. The predicted molar refractivity (Wildman–Crippen MR) is 103 cm³/mol. The summed E-state index contributed by atoms with van der Waals surface area (Å²) in [5, 5.41) is 8.52. The molecule has 6 nitrogen and oxygen atoms in total. The van der Waals surface area contributed by atoms with Crippen LogP contribution in [0.1, 0.15) is 110 Å². The summed E-state index contributed by atoms with van der Waals surface area (Å²) in [4.78, 5) is 34.6. The van der Waals surface area contributed by atoms with Gasteiger partial charge in [-0.15, -0.1) is 0 Å². The van der Waals surface area contributed by atoms with Gasteiger partial charge >= 0.3 is 29.0 Å². The first-order chi connectivity index (χ1) is 11.8. The number of carboxylic acid groups (broad SMARTS) is 1. The molecule has 0 saturated carbocycles. The molecule has 0 heterocycles. The second-order valence-electron chi connectivity index (χ2n) is 6.56. The topological polar surface area (TPSA) is 121 Å². The Hall–Kier alpha value is 0.346. The van der Waals surface area contributed by atoms with E-state index in [1.807, 2.05) is 0 Å². The minimum atomic E-state index is -5.14. The fraction of sp³-hybridized carbons (Fsp3) is 0.944. The van der Waals surface area contributed by atoms with Crippen molar-refractivity contribution in [2.24, 2.45) is 0 Å². The van der Waals surface area contributed by atoms with Crippen LogP contribution in [0, 0.1) is 0 Å². The SMILES string of the molecule is CCCCCCCCCCCCCCCCCC(=O)O.O=P([O-])([O-])O.[Mg+2]. The van der Waals surface area contributed by atoms with Crippen LogP contribution < -0.4 is 9.79 Å². The Morgan fingerprint density at radius 2 is 0.962 bits per heavy atom. The first kappa shape index (κ1) is 31.1. The number of hydrogen-bond acceptors (Lipinski definition) is 4. The van der Waals surface area contributed by atoms with Crippen molar-refractivity contribution in [3.8, 4) is 0 Å². The Bertz CT molecular complexity index is 327. The van der Waals surface area contributed by atoms with Gasteiger partial charge in [0.15, 0.2) is 0 Å². The average Bonchev–Trinajstić information content (AvgIpc) is 2.49. The van der Waals surface area contributed by atoms with E-state index in [0.29, 0.717) is 6.42 Å². The molecule has 0 spiro atoms. The Morgan fingerprint density at radius 3 is 1.19 bits per heavy atom. The van der Waals surface area contributed by atoms with E-state index >= 15 is 0 Å². The molecule has 0 aliphatic rings. The molecule has 26 heavy (non-hydrogen) atoms. The summed E-state index contributed by atoms with van der Waals surface area (Å²) in [6.07, 6.45) is 20.2. The molecule has 0 aromatic heterocycles. The van der Waals surface area contributed by atoms with Crippen molar-refractivity contribution in [1.82, 2.24) is 0 Å². The summed E-state index contributed by atoms with van der Waals surface area (Å²) in [5.41, 5.74) is 0. The van der Waals surface area contributed by atoms with Crippen LogP contribution in [-0.4, -0.2) is 39.0 Å². The molecule has 0 amide bonds. The van der Waals surface area contributed by atoms with Crippen LogP contribution in [0.5, 0.6) is 0 Å². The van der Waals surface area contributed by atoms with E-state index in [1.54, 1.807) is 0 Å². The molecule has 0 aromatic rings. The minimum absolute atomic E-state index is 0. The molecule has 0 aliphatic heterocycles. The van der Waals surface area contributed by atoms with Crippen LogP contribution in [0.3, 0.4) is 0 Å². The summed E-state index contributed by atoms with van der Waals surface area (Å²) in [7, 11) is -5.14.